The van der Waals surface area contributed by atoms with Gasteiger partial charge in [-0.25, -0.2) is 0 Å². The Morgan fingerprint density at radius 1 is 1.38 bits per heavy atom. The first-order valence-corrected chi connectivity index (χ1v) is 3.21. The van der Waals surface area contributed by atoms with Gasteiger partial charge in [0.25, 0.3) is 0 Å². The van der Waals surface area contributed by atoms with Crippen LogP contribution in [0.1, 0.15) is 20.3 Å². The van der Waals surface area contributed by atoms with Crippen LogP contribution in [0.2, 0.25) is 0 Å². The minimum Gasteiger partial charge on any atom is -0.303 e. The zero-order chi connectivity index (χ0) is 6.15. The molecule has 0 aliphatic heterocycles. The zero-order valence-corrected chi connectivity index (χ0v) is 5.42. The van der Waals surface area contributed by atoms with Gasteiger partial charge >= 0.3 is 0 Å². The van der Waals surface area contributed by atoms with E-state index in [9.17, 15) is 4.79 Å². The monoisotopic (exact) mass is 112 g/mol. The van der Waals surface area contributed by atoms with E-state index in [1.54, 1.807) is 0 Å². The van der Waals surface area contributed by atoms with Crippen LogP contribution < -0.4 is 0 Å². The third-order valence-electron chi connectivity index (χ3n) is 2.41. The standard InChI is InChI=1S/C7H12O/c1-5-6(2)7(5)3-4-8/h4-7H,3H2,1-2H3/t5-,6-/m1/s1. The summed E-state index contributed by atoms with van der Waals surface area (Å²) in [5.41, 5.74) is 0. The van der Waals surface area contributed by atoms with Crippen LogP contribution in [0.3, 0.4) is 0 Å². The second kappa shape index (κ2) is 1.88. The summed E-state index contributed by atoms with van der Waals surface area (Å²) in [5.74, 6) is 2.33. The van der Waals surface area contributed by atoms with Gasteiger partial charge in [0.1, 0.15) is 6.29 Å². The molecular formula is C7H12O. The van der Waals surface area contributed by atoms with Crippen molar-refractivity contribution in [2.24, 2.45) is 17.8 Å². The van der Waals surface area contributed by atoms with Gasteiger partial charge in [-0.05, 0) is 17.8 Å². The van der Waals surface area contributed by atoms with E-state index >= 15 is 0 Å². The number of carbonyl (C=O) groups is 1. The van der Waals surface area contributed by atoms with Crippen molar-refractivity contribution in [2.75, 3.05) is 0 Å². The third-order valence-corrected chi connectivity index (χ3v) is 2.41. The molecule has 0 radical (unpaired) electrons. The van der Waals surface area contributed by atoms with Crippen molar-refractivity contribution in [2.45, 2.75) is 20.3 Å². The molecule has 0 N–H and O–H groups in total. The van der Waals surface area contributed by atoms with Gasteiger partial charge in [-0.1, -0.05) is 13.8 Å². The van der Waals surface area contributed by atoms with Crippen LogP contribution in [0.4, 0.5) is 0 Å². The number of rotatable bonds is 2. The van der Waals surface area contributed by atoms with Gasteiger partial charge in [0.05, 0.1) is 0 Å². The van der Waals surface area contributed by atoms with E-state index in [-0.39, 0.29) is 0 Å². The molecule has 0 amide bonds. The van der Waals surface area contributed by atoms with Crippen LogP contribution in [-0.4, -0.2) is 6.29 Å². The van der Waals surface area contributed by atoms with Crippen molar-refractivity contribution < 1.29 is 4.79 Å². The molecule has 1 rings (SSSR count). The zero-order valence-electron chi connectivity index (χ0n) is 5.42. The SMILES string of the molecule is C[C@H]1C(CC=O)[C@@H]1C. The maximum Gasteiger partial charge on any atom is 0.120 e. The molecule has 1 heteroatoms. The van der Waals surface area contributed by atoms with Gasteiger partial charge in [0.2, 0.25) is 0 Å². The highest BCUT2D eigenvalue weighted by atomic mass is 16.1. The number of aldehydes is 1. The van der Waals surface area contributed by atoms with E-state index in [1.807, 2.05) is 0 Å². The van der Waals surface area contributed by atoms with Crippen LogP contribution in [0.15, 0.2) is 0 Å². The molecule has 0 saturated heterocycles. The van der Waals surface area contributed by atoms with Crippen molar-refractivity contribution in [1.29, 1.82) is 0 Å². The fourth-order valence-corrected chi connectivity index (χ4v) is 1.31. The number of hydrogen-bond acceptors (Lipinski definition) is 1. The summed E-state index contributed by atoms with van der Waals surface area (Å²) < 4.78 is 0. The van der Waals surface area contributed by atoms with Crippen molar-refractivity contribution in [3.63, 3.8) is 0 Å². The Morgan fingerprint density at radius 2 is 1.88 bits per heavy atom. The number of carbonyl (C=O) groups excluding carboxylic acids is 1. The highest BCUT2D eigenvalue weighted by Crippen LogP contribution is 2.46. The van der Waals surface area contributed by atoms with Crippen molar-refractivity contribution in [3.8, 4) is 0 Å². The normalized spacial score (nSPS) is 44.0. The Kier molecular flexibility index (Phi) is 1.37. The molecule has 0 unspecified atom stereocenters. The predicted octanol–water partition coefficient (Wildman–Crippen LogP) is 1.48. The second-order valence-electron chi connectivity index (χ2n) is 2.78. The molecule has 0 heterocycles. The largest absolute Gasteiger partial charge is 0.303 e. The molecule has 1 saturated carbocycles. The van der Waals surface area contributed by atoms with E-state index in [0.29, 0.717) is 5.92 Å². The first-order valence-electron chi connectivity index (χ1n) is 3.21. The smallest absolute Gasteiger partial charge is 0.120 e. The highest BCUT2D eigenvalue weighted by Gasteiger charge is 2.41. The van der Waals surface area contributed by atoms with Crippen LogP contribution in [0, 0.1) is 17.8 Å². The molecule has 1 aliphatic carbocycles. The fourth-order valence-electron chi connectivity index (χ4n) is 1.31. The summed E-state index contributed by atoms with van der Waals surface area (Å²) in [6.07, 6.45) is 1.81. The van der Waals surface area contributed by atoms with Gasteiger partial charge in [0.15, 0.2) is 0 Å². The summed E-state index contributed by atoms with van der Waals surface area (Å²) in [5, 5.41) is 0. The van der Waals surface area contributed by atoms with Crippen molar-refractivity contribution >= 4 is 6.29 Å². The summed E-state index contributed by atoms with van der Waals surface area (Å²) in [7, 11) is 0. The van der Waals surface area contributed by atoms with Crippen molar-refractivity contribution in [3.05, 3.63) is 0 Å². The van der Waals surface area contributed by atoms with Gasteiger partial charge in [-0.2, -0.15) is 0 Å². The highest BCUT2D eigenvalue weighted by molar-refractivity contribution is 5.50. The minimum absolute atomic E-state index is 0.715. The molecule has 1 nitrogen and oxygen atoms in total. The predicted molar refractivity (Wildman–Crippen MR) is 32.5 cm³/mol. The van der Waals surface area contributed by atoms with E-state index < -0.39 is 0 Å². The molecule has 0 aromatic carbocycles. The molecule has 0 aromatic rings. The van der Waals surface area contributed by atoms with Crippen molar-refractivity contribution in [1.82, 2.24) is 0 Å². The molecule has 2 atom stereocenters. The molecular weight excluding hydrogens is 100 g/mol. The maximum atomic E-state index is 9.95. The summed E-state index contributed by atoms with van der Waals surface area (Å²) in [6.45, 7) is 4.41. The number of hydrogen-bond donors (Lipinski definition) is 0. The Labute approximate surface area is 50.1 Å². The topological polar surface area (TPSA) is 17.1 Å². The van der Waals surface area contributed by atoms with Gasteiger partial charge in [0, 0.05) is 6.42 Å². The third kappa shape index (κ3) is 0.770. The van der Waals surface area contributed by atoms with Gasteiger partial charge in [-0.15, -0.1) is 0 Å². The first kappa shape index (κ1) is 5.80. The molecule has 0 spiro atoms. The van der Waals surface area contributed by atoms with Crippen LogP contribution in [0.25, 0.3) is 0 Å². The van der Waals surface area contributed by atoms with Crippen LogP contribution in [0.5, 0.6) is 0 Å². The maximum absolute atomic E-state index is 9.95. The molecule has 0 aromatic heterocycles. The van der Waals surface area contributed by atoms with Gasteiger partial charge in [-0.3, -0.25) is 0 Å². The van der Waals surface area contributed by atoms with E-state index in [4.69, 9.17) is 0 Å². The average Bonchev–Trinajstić information content (AvgIpc) is 2.25. The lowest BCUT2D eigenvalue weighted by Gasteiger charge is -1.80. The lowest BCUT2D eigenvalue weighted by atomic mass is 10.2. The lowest BCUT2D eigenvalue weighted by Crippen LogP contribution is -1.79. The Hall–Kier alpha value is -0.330. The van der Waals surface area contributed by atoms with E-state index in [0.717, 1.165) is 24.5 Å². The molecule has 1 fully saturated rings. The molecule has 1 aliphatic rings. The fraction of sp³-hybridized carbons (Fsp3) is 0.857. The quantitative estimate of drug-likeness (QED) is 0.494. The minimum atomic E-state index is 0.715. The second-order valence-corrected chi connectivity index (χ2v) is 2.78. The summed E-state index contributed by atoms with van der Waals surface area (Å²) >= 11 is 0. The Morgan fingerprint density at radius 3 is 2.00 bits per heavy atom. The molecule has 8 heavy (non-hydrogen) atoms. The summed E-state index contributed by atoms with van der Waals surface area (Å²) in [6, 6.07) is 0. The molecule has 46 valence electrons. The lowest BCUT2D eigenvalue weighted by molar-refractivity contribution is -0.108. The summed E-state index contributed by atoms with van der Waals surface area (Å²) in [4.78, 5) is 9.95. The van der Waals surface area contributed by atoms with Gasteiger partial charge < -0.3 is 4.79 Å². The van der Waals surface area contributed by atoms with E-state index in [1.165, 1.54) is 0 Å². The average molecular weight is 112 g/mol. The van der Waals surface area contributed by atoms with Crippen LogP contribution in [-0.2, 0) is 4.79 Å². The first-order chi connectivity index (χ1) is 3.77. The van der Waals surface area contributed by atoms with Crippen LogP contribution >= 0.6 is 0 Å². The molecule has 0 bridgehead atoms. The Bertz CT molecular complexity index is 90.6. The van der Waals surface area contributed by atoms with E-state index in [2.05, 4.69) is 13.8 Å². The Balaban J connectivity index is 2.22.